The van der Waals surface area contributed by atoms with Crippen molar-refractivity contribution in [2.75, 3.05) is 20.6 Å². The highest BCUT2D eigenvalue weighted by Gasteiger charge is 2.07. The molecule has 0 heterocycles. The van der Waals surface area contributed by atoms with Gasteiger partial charge in [0, 0.05) is 13.0 Å². The molecule has 0 saturated carbocycles. The van der Waals surface area contributed by atoms with Crippen LogP contribution < -0.4 is 0 Å². The van der Waals surface area contributed by atoms with Gasteiger partial charge < -0.3 is 4.90 Å². The second-order valence-electron chi connectivity index (χ2n) is 3.55. The van der Waals surface area contributed by atoms with Crippen molar-refractivity contribution in [2.45, 2.75) is 12.6 Å². The van der Waals surface area contributed by atoms with Gasteiger partial charge >= 0.3 is 0 Å². The summed E-state index contributed by atoms with van der Waals surface area (Å²) in [7, 11) is 3.77. The molecule has 13 heavy (non-hydrogen) atoms. The van der Waals surface area contributed by atoms with E-state index in [1.807, 2.05) is 49.3 Å². The Hall–Kier alpha value is -0.890. The summed E-state index contributed by atoms with van der Waals surface area (Å²) in [5.74, 6) is 0. The lowest BCUT2D eigenvalue weighted by Crippen LogP contribution is -2.24. The van der Waals surface area contributed by atoms with Crippen molar-refractivity contribution >= 4 is 0 Å². The van der Waals surface area contributed by atoms with Crippen molar-refractivity contribution in [3.05, 3.63) is 35.9 Å². The van der Waals surface area contributed by atoms with Crippen molar-refractivity contribution < 1.29 is 4.39 Å². The molecule has 0 radical (unpaired) electrons. The van der Waals surface area contributed by atoms with Gasteiger partial charge in [-0.05, 0) is 19.7 Å². The first kappa shape index (κ1) is 10.2. The molecule has 0 fully saturated rings. The monoisotopic (exact) mass is 181 g/mol. The van der Waals surface area contributed by atoms with Gasteiger partial charge in [-0.25, -0.2) is 4.39 Å². The SMILES string of the molecule is CN(C)C[C@H](F)Cc1ccccc1. The molecule has 1 nitrogen and oxygen atoms in total. The van der Waals surface area contributed by atoms with E-state index in [-0.39, 0.29) is 0 Å². The van der Waals surface area contributed by atoms with Crippen molar-refractivity contribution in [1.29, 1.82) is 0 Å². The normalized spacial score (nSPS) is 13.2. The predicted octanol–water partition coefficient (Wildman–Crippen LogP) is 2.13. The summed E-state index contributed by atoms with van der Waals surface area (Å²) in [5.41, 5.74) is 1.07. The molecule has 0 saturated heterocycles. The largest absolute Gasteiger partial charge is 0.307 e. The van der Waals surface area contributed by atoms with Gasteiger partial charge in [0.25, 0.3) is 0 Å². The molecule has 72 valence electrons. The van der Waals surface area contributed by atoms with Gasteiger partial charge in [0.1, 0.15) is 6.17 Å². The third kappa shape index (κ3) is 4.04. The molecule has 0 bridgehead atoms. The van der Waals surface area contributed by atoms with Crippen LogP contribution in [0.25, 0.3) is 0 Å². The fourth-order valence-corrected chi connectivity index (χ4v) is 1.33. The van der Waals surface area contributed by atoms with E-state index >= 15 is 0 Å². The van der Waals surface area contributed by atoms with E-state index in [0.29, 0.717) is 13.0 Å². The zero-order valence-corrected chi connectivity index (χ0v) is 8.20. The molecule has 0 N–H and O–H groups in total. The third-order valence-electron chi connectivity index (χ3n) is 1.86. The summed E-state index contributed by atoms with van der Waals surface area (Å²) in [4.78, 5) is 1.87. The summed E-state index contributed by atoms with van der Waals surface area (Å²) < 4.78 is 13.3. The van der Waals surface area contributed by atoms with Crippen LogP contribution in [0, 0.1) is 0 Å². The Morgan fingerprint density at radius 3 is 2.38 bits per heavy atom. The van der Waals surface area contributed by atoms with E-state index in [1.54, 1.807) is 0 Å². The molecule has 0 spiro atoms. The van der Waals surface area contributed by atoms with Crippen LogP contribution in [0.15, 0.2) is 30.3 Å². The van der Waals surface area contributed by atoms with Crippen molar-refractivity contribution in [2.24, 2.45) is 0 Å². The second kappa shape index (κ2) is 4.97. The number of hydrogen-bond acceptors (Lipinski definition) is 1. The maximum Gasteiger partial charge on any atom is 0.117 e. The second-order valence-corrected chi connectivity index (χ2v) is 3.55. The maximum absolute atomic E-state index is 13.3. The summed E-state index contributed by atoms with van der Waals surface area (Å²) in [6.07, 6.45) is -0.253. The Balaban J connectivity index is 2.41. The van der Waals surface area contributed by atoms with Crippen LogP contribution in [0.4, 0.5) is 4.39 Å². The van der Waals surface area contributed by atoms with Crippen LogP contribution in [0.2, 0.25) is 0 Å². The molecule has 1 rings (SSSR count). The number of nitrogens with zero attached hydrogens (tertiary/aromatic N) is 1. The van der Waals surface area contributed by atoms with Crippen LogP contribution in [-0.2, 0) is 6.42 Å². The predicted molar refractivity (Wildman–Crippen MR) is 53.6 cm³/mol. The van der Waals surface area contributed by atoms with Gasteiger partial charge in [-0.3, -0.25) is 0 Å². The minimum atomic E-state index is -0.766. The number of halogens is 1. The number of hydrogen-bond donors (Lipinski definition) is 0. The average molecular weight is 181 g/mol. The third-order valence-corrected chi connectivity index (χ3v) is 1.86. The zero-order chi connectivity index (χ0) is 9.68. The first-order valence-electron chi connectivity index (χ1n) is 4.51. The molecule has 1 aromatic carbocycles. The Morgan fingerprint density at radius 2 is 1.85 bits per heavy atom. The summed E-state index contributed by atoms with van der Waals surface area (Å²) >= 11 is 0. The number of benzene rings is 1. The minimum absolute atomic E-state index is 0.495. The van der Waals surface area contributed by atoms with E-state index in [2.05, 4.69) is 0 Å². The Morgan fingerprint density at radius 1 is 1.23 bits per heavy atom. The summed E-state index contributed by atoms with van der Waals surface area (Å²) in [6.45, 7) is 0.495. The van der Waals surface area contributed by atoms with Crippen LogP contribution in [0.1, 0.15) is 5.56 Å². The fraction of sp³-hybridized carbons (Fsp3) is 0.455. The van der Waals surface area contributed by atoms with E-state index in [0.717, 1.165) is 5.56 Å². The highest BCUT2D eigenvalue weighted by Crippen LogP contribution is 2.06. The molecule has 0 aliphatic rings. The summed E-state index contributed by atoms with van der Waals surface area (Å²) in [5, 5.41) is 0. The lowest BCUT2D eigenvalue weighted by molar-refractivity contribution is 0.246. The quantitative estimate of drug-likeness (QED) is 0.687. The smallest absolute Gasteiger partial charge is 0.117 e. The maximum atomic E-state index is 13.3. The van der Waals surface area contributed by atoms with Crippen molar-refractivity contribution in [3.8, 4) is 0 Å². The average Bonchev–Trinajstić information content (AvgIpc) is 2.04. The van der Waals surface area contributed by atoms with Crippen LogP contribution in [0.5, 0.6) is 0 Å². The van der Waals surface area contributed by atoms with Gasteiger partial charge in [-0.2, -0.15) is 0 Å². The Bertz CT molecular complexity index is 233. The molecule has 2 heteroatoms. The summed E-state index contributed by atoms with van der Waals surface area (Å²) in [6, 6.07) is 9.75. The Labute approximate surface area is 79.2 Å². The van der Waals surface area contributed by atoms with Crippen molar-refractivity contribution in [3.63, 3.8) is 0 Å². The molecule has 0 aromatic heterocycles. The van der Waals surface area contributed by atoms with E-state index in [4.69, 9.17) is 0 Å². The van der Waals surface area contributed by atoms with Crippen LogP contribution in [0.3, 0.4) is 0 Å². The standard InChI is InChI=1S/C11H16FN/c1-13(2)9-11(12)8-10-6-4-3-5-7-10/h3-7,11H,8-9H2,1-2H3/t11-/m1/s1. The Kier molecular flexibility index (Phi) is 3.90. The number of alkyl halides is 1. The van der Waals surface area contributed by atoms with Gasteiger partial charge in [-0.1, -0.05) is 30.3 Å². The molecular weight excluding hydrogens is 165 g/mol. The lowest BCUT2D eigenvalue weighted by atomic mass is 10.1. The highest BCUT2D eigenvalue weighted by molar-refractivity contribution is 5.15. The molecule has 0 aliphatic carbocycles. The van der Waals surface area contributed by atoms with Gasteiger partial charge in [-0.15, -0.1) is 0 Å². The first-order chi connectivity index (χ1) is 6.18. The van der Waals surface area contributed by atoms with Gasteiger partial charge in [0.15, 0.2) is 0 Å². The van der Waals surface area contributed by atoms with Gasteiger partial charge in [0.2, 0.25) is 0 Å². The van der Waals surface area contributed by atoms with Crippen LogP contribution in [-0.4, -0.2) is 31.7 Å². The van der Waals surface area contributed by atoms with Crippen LogP contribution >= 0.6 is 0 Å². The topological polar surface area (TPSA) is 3.24 Å². The van der Waals surface area contributed by atoms with Gasteiger partial charge in [0.05, 0.1) is 0 Å². The first-order valence-corrected chi connectivity index (χ1v) is 4.51. The highest BCUT2D eigenvalue weighted by atomic mass is 19.1. The fourth-order valence-electron chi connectivity index (χ4n) is 1.33. The van der Waals surface area contributed by atoms with E-state index in [9.17, 15) is 4.39 Å². The van der Waals surface area contributed by atoms with E-state index in [1.165, 1.54) is 0 Å². The molecule has 0 aliphatic heterocycles. The van der Waals surface area contributed by atoms with Crippen molar-refractivity contribution in [1.82, 2.24) is 4.90 Å². The molecule has 0 unspecified atom stereocenters. The molecule has 0 amide bonds. The molecular formula is C11H16FN. The van der Waals surface area contributed by atoms with E-state index < -0.39 is 6.17 Å². The number of rotatable bonds is 4. The zero-order valence-electron chi connectivity index (χ0n) is 8.20. The molecule has 1 atom stereocenters. The minimum Gasteiger partial charge on any atom is -0.307 e. The molecule has 1 aromatic rings. The lowest BCUT2D eigenvalue weighted by Gasteiger charge is -2.13.